The van der Waals surface area contributed by atoms with Gasteiger partial charge in [-0.3, -0.25) is 20.4 Å². The molecule has 1 aliphatic rings. The lowest BCUT2D eigenvalue weighted by atomic mass is 10.1. The summed E-state index contributed by atoms with van der Waals surface area (Å²) in [6, 6.07) is 7.25. The van der Waals surface area contributed by atoms with Crippen LogP contribution in [-0.4, -0.2) is 17.9 Å². The molecule has 0 bridgehead atoms. The number of hydrazine groups is 1. The number of carbonyl (C=O) groups is 2. The van der Waals surface area contributed by atoms with Crippen LogP contribution in [0.5, 0.6) is 5.75 Å². The predicted octanol–water partition coefficient (Wildman–Crippen LogP) is 2.55. The number of hydrogen-bond donors (Lipinski definition) is 2. The average molecular weight is 355 g/mol. The highest BCUT2D eigenvalue weighted by Crippen LogP contribution is 2.24. The van der Waals surface area contributed by atoms with Gasteiger partial charge < -0.3 is 4.74 Å². The van der Waals surface area contributed by atoms with Gasteiger partial charge in [0.25, 0.3) is 5.91 Å². The van der Waals surface area contributed by atoms with Crippen LogP contribution in [-0.2, 0) is 9.59 Å². The van der Waals surface area contributed by atoms with Gasteiger partial charge in [0.1, 0.15) is 5.75 Å². The molecule has 0 radical (unpaired) electrons. The zero-order valence-corrected chi connectivity index (χ0v) is 13.5. The molecule has 0 aromatic heterocycles. The second kappa shape index (κ2) is 7.45. The summed E-state index contributed by atoms with van der Waals surface area (Å²) in [5.74, 6) is 0.123. The van der Waals surface area contributed by atoms with E-state index in [0.717, 1.165) is 30.2 Å². The van der Waals surface area contributed by atoms with Crippen molar-refractivity contribution in [3.63, 3.8) is 0 Å². The molecule has 2 N–H and O–H groups in total. The second-order valence-electron chi connectivity index (χ2n) is 5.18. The molecule has 0 aliphatic heterocycles. The fraction of sp³-hybridized carbons (Fsp3) is 0.467. The Kier molecular flexibility index (Phi) is 5.61. The van der Waals surface area contributed by atoms with Gasteiger partial charge in [-0.05, 0) is 38.0 Å². The van der Waals surface area contributed by atoms with Crippen LogP contribution in [0.4, 0.5) is 0 Å². The van der Waals surface area contributed by atoms with Gasteiger partial charge in [-0.2, -0.15) is 0 Å². The highest BCUT2D eigenvalue weighted by Gasteiger charge is 2.23. The molecule has 1 aromatic carbocycles. The zero-order chi connectivity index (χ0) is 15.2. The molecule has 1 atom stereocenters. The Bertz CT molecular complexity index is 515. The molecule has 1 saturated carbocycles. The van der Waals surface area contributed by atoms with Gasteiger partial charge in [-0.25, -0.2) is 0 Å². The van der Waals surface area contributed by atoms with E-state index < -0.39 is 6.10 Å². The van der Waals surface area contributed by atoms with Crippen LogP contribution < -0.4 is 15.6 Å². The lowest BCUT2D eigenvalue weighted by Crippen LogP contribution is -2.48. The molecule has 0 unspecified atom stereocenters. The summed E-state index contributed by atoms with van der Waals surface area (Å²) in [7, 11) is 0. The van der Waals surface area contributed by atoms with E-state index in [1.54, 1.807) is 19.1 Å². The molecular formula is C15H19BrN2O3. The number of benzene rings is 1. The number of carbonyl (C=O) groups excluding carboxylic acids is 2. The summed E-state index contributed by atoms with van der Waals surface area (Å²) < 4.78 is 6.40. The van der Waals surface area contributed by atoms with Gasteiger partial charge in [0.15, 0.2) is 6.10 Å². The van der Waals surface area contributed by atoms with E-state index in [1.807, 2.05) is 12.1 Å². The van der Waals surface area contributed by atoms with Crippen molar-refractivity contribution in [3.8, 4) is 5.75 Å². The third kappa shape index (κ3) is 4.74. The molecule has 0 spiro atoms. The Morgan fingerprint density at radius 1 is 1.29 bits per heavy atom. The minimum absolute atomic E-state index is 0.0200. The minimum Gasteiger partial charge on any atom is -0.481 e. The van der Waals surface area contributed by atoms with Gasteiger partial charge in [0.05, 0.1) is 0 Å². The molecule has 0 heterocycles. The van der Waals surface area contributed by atoms with Crippen LogP contribution in [0.3, 0.4) is 0 Å². The van der Waals surface area contributed by atoms with E-state index in [-0.39, 0.29) is 17.7 Å². The number of halogens is 1. The first-order valence-electron chi connectivity index (χ1n) is 7.08. The van der Waals surface area contributed by atoms with Crippen molar-refractivity contribution in [2.75, 3.05) is 0 Å². The van der Waals surface area contributed by atoms with E-state index in [9.17, 15) is 9.59 Å². The number of hydrogen-bond acceptors (Lipinski definition) is 3. The maximum Gasteiger partial charge on any atom is 0.279 e. The van der Waals surface area contributed by atoms with Crippen LogP contribution in [0.2, 0.25) is 0 Å². The van der Waals surface area contributed by atoms with Crippen LogP contribution in [0.15, 0.2) is 28.7 Å². The van der Waals surface area contributed by atoms with Gasteiger partial charge in [0, 0.05) is 10.4 Å². The number of rotatable bonds is 4. The highest BCUT2D eigenvalue weighted by molar-refractivity contribution is 9.10. The zero-order valence-electron chi connectivity index (χ0n) is 11.9. The molecule has 1 fully saturated rings. The number of nitrogens with one attached hydrogen (secondary N) is 2. The maximum absolute atomic E-state index is 11.9. The topological polar surface area (TPSA) is 67.4 Å². The Balaban J connectivity index is 1.78. The summed E-state index contributed by atoms with van der Waals surface area (Å²) in [6.45, 7) is 1.64. The average Bonchev–Trinajstić information content (AvgIpc) is 2.98. The van der Waals surface area contributed by atoms with Gasteiger partial charge >= 0.3 is 0 Å². The molecular weight excluding hydrogens is 336 g/mol. The lowest BCUT2D eigenvalue weighted by Gasteiger charge is -2.16. The third-order valence-electron chi connectivity index (χ3n) is 3.51. The number of amides is 2. The molecule has 6 heteroatoms. The highest BCUT2D eigenvalue weighted by atomic mass is 79.9. The third-order valence-corrected chi connectivity index (χ3v) is 4.01. The molecule has 2 rings (SSSR count). The molecule has 2 amide bonds. The molecule has 0 saturated heterocycles. The summed E-state index contributed by atoms with van der Waals surface area (Å²) in [6.07, 6.45) is 3.25. The Morgan fingerprint density at radius 2 is 2.00 bits per heavy atom. The molecule has 114 valence electrons. The first-order valence-corrected chi connectivity index (χ1v) is 7.87. The van der Waals surface area contributed by atoms with Crippen molar-refractivity contribution < 1.29 is 14.3 Å². The Hall–Kier alpha value is -1.56. The van der Waals surface area contributed by atoms with Crippen molar-refractivity contribution in [1.29, 1.82) is 0 Å². The lowest BCUT2D eigenvalue weighted by molar-refractivity contribution is -0.134. The van der Waals surface area contributed by atoms with E-state index >= 15 is 0 Å². The normalized spacial score (nSPS) is 16.3. The molecule has 1 aromatic rings. The van der Waals surface area contributed by atoms with Gasteiger partial charge in [-0.15, -0.1) is 0 Å². The maximum atomic E-state index is 11.9. The van der Waals surface area contributed by atoms with Gasteiger partial charge in [0.2, 0.25) is 5.91 Å². The quantitative estimate of drug-likeness (QED) is 0.816. The summed E-state index contributed by atoms with van der Waals surface area (Å²) >= 11 is 3.34. The van der Waals surface area contributed by atoms with Gasteiger partial charge in [-0.1, -0.05) is 34.8 Å². The van der Waals surface area contributed by atoms with E-state index in [0.29, 0.717) is 5.75 Å². The van der Waals surface area contributed by atoms with E-state index in [2.05, 4.69) is 26.8 Å². The van der Waals surface area contributed by atoms with Crippen LogP contribution >= 0.6 is 15.9 Å². The minimum atomic E-state index is -0.692. The second-order valence-corrected chi connectivity index (χ2v) is 6.09. The Morgan fingerprint density at radius 3 is 2.67 bits per heavy atom. The summed E-state index contributed by atoms with van der Waals surface area (Å²) in [4.78, 5) is 23.7. The first kappa shape index (κ1) is 15.8. The molecule has 5 nitrogen and oxygen atoms in total. The van der Waals surface area contributed by atoms with Crippen molar-refractivity contribution in [3.05, 3.63) is 28.7 Å². The smallest absolute Gasteiger partial charge is 0.279 e. The monoisotopic (exact) mass is 354 g/mol. The number of ether oxygens (including phenoxy) is 1. The SMILES string of the molecule is C[C@@H](Oc1cccc(Br)c1)C(=O)NNC(=O)C1CCCC1. The summed E-state index contributed by atoms with van der Waals surface area (Å²) in [5, 5.41) is 0. The van der Waals surface area contributed by atoms with Crippen molar-refractivity contribution in [2.24, 2.45) is 5.92 Å². The van der Waals surface area contributed by atoms with Crippen LogP contribution in [0.1, 0.15) is 32.6 Å². The molecule has 21 heavy (non-hydrogen) atoms. The largest absolute Gasteiger partial charge is 0.481 e. The fourth-order valence-electron chi connectivity index (χ4n) is 2.31. The first-order chi connectivity index (χ1) is 10.1. The van der Waals surface area contributed by atoms with Crippen LogP contribution in [0, 0.1) is 5.92 Å². The van der Waals surface area contributed by atoms with Crippen LogP contribution in [0.25, 0.3) is 0 Å². The Labute approximate surface area is 132 Å². The predicted molar refractivity (Wildman–Crippen MR) is 82.5 cm³/mol. The standard InChI is InChI=1S/C15H19BrN2O3/c1-10(21-13-8-4-7-12(16)9-13)14(19)17-18-15(20)11-5-2-3-6-11/h4,7-11H,2-3,5-6H2,1H3,(H,17,19)(H,18,20)/t10-/m1/s1. The van der Waals surface area contributed by atoms with Crippen molar-refractivity contribution in [1.82, 2.24) is 10.9 Å². The van der Waals surface area contributed by atoms with E-state index in [4.69, 9.17) is 4.74 Å². The summed E-state index contributed by atoms with van der Waals surface area (Å²) in [5.41, 5.74) is 4.89. The fourth-order valence-corrected chi connectivity index (χ4v) is 2.69. The van der Waals surface area contributed by atoms with E-state index in [1.165, 1.54) is 0 Å². The van der Waals surface area contributed by atoms with Crippen molar-refractivity contribution in [2.45, 2.75) is 38.7 Å². The van der Waals surface area contributed by atoms with Crippen molar-refractivity contribution >= 4 is 27.7 Å². The molecule has 1 aliphatic carbocycles.